The molecular formula is C25H22N2O2S. The van der Waals surface area contributed by atoms with Gasteiger partial charge in [0.05, 0.1) is 11.6 Å². The molecule has 0 spiro atoms. The van der Waals surface area contributed by atoms with E-state index in [1.165, 1.54) is 16.3 Å². The number of hydrogen-bond donors (Lipinski definition) is 1. The number of benzene rings is 3. The van der Waals surface area contributed by atoms with Gasteiger partial charge in [0, 0.05) is 11.3 Å². The number of aromatic nitrogens is 2. The molecule has 1 heterocycles. The molecule has 1 aromatic heterocycles. The largest absolute Gasteiger partial charge is 0.329 e. The molecule has 1 N–H and O–H groups in total. The quantitative estimate of drug-likeness (QED) is 0.362. The molecule has 30 heavy (non-hydrogen) atoms. The molecule has 4 rings (SSSR count). The maximum atomic E-state index is 12.8. The van der Waals surface area contributed by atoms with E-state index in [1.54, 1.807) is 6.92 Å². The van der Waals surface area contributed by atoms with Gasteiger partial charge in [-0.15, -0.1) is 11.8 Å². The van der Waals surface area contributed by atoms with Crippen LogP contribution in [0.25, 0.3) is 11.1 Å². The van der Waals surface area contributed by atoms with Gasteiger partial charge in [0.1, 0.15) is 0 Å². The van der Waals surface area contributed by atoms with Crippen molar-refractivity contribution in [3.63, 3.8) is 0 Å². The number of hydrogen-bond acceptors (Lipinski definition) is 3. The molecule has 0 aliphatic rings. The summed E-state index contributed by atoms with van der Waals surface area (Å²) >= 11 is 1.48. The maximum absolute atomic E-state index is 12.8. The monoisotopic (exact) mass is 414 g/mol. The Labute approximate surface area is 179 Å². The zero-order valence-corrected chi connectivity index (χ0v) is 17.5. The fourth-order valence-corrected chi connectivity index (χ4v) is 4.28. The van der Waals surface area contributed by atoms with Crippen LogP contribution in [0.5, 0.6) is 0 Å². The topological polar surface area (TPSA) is 54.9 Å². The van der Waals surface area contributed by atoms with E-state index in [4.69, 9.17) is 0 Å². The summed E-state index contributed by atoms with van der Waals surface area (Å²) in [4.78, 5) is 28.2. The van der Waals surface area contributed by atoms with Crippen molar-refractivity contribution in [1.29, 1.82) is 0 Å². The first-order valence-corrected chi connectivity index (χ1v) is 10.7. The van der Waals surface area contributed by atoms with Crippen LogP contribution in [0.15, 0.2) is 99.5 Å². The fraction of sp³-hybridized carbons (Fsp3) is 0.120. The molecule has 0 saturated carbocycles. The molecule has 0 radical (unpaired) electrons. The number of nitrogens with zero attached hydrogens (tertiary/aromatic N) is 1. The summed E-state index contributed by atoms with van der Waals surface area (Å²) in [7, 11) is 0. The van der Waals surface area contributed by atoms with Crippen molar-refractivity contribution in [2.45, 2.75) is 24.2 Å². The normalized spacial score (nSPS) is 10.8. The summed E-state index contributed by atoms with van der Waals surface area (Å²) in [6, 6.07) is 28.1. The van der Waals surface area contributed by atoms with Gasteiger partial charge < -0.3 is 4.98 Å². The van der Waals surface area contributed by atoms with Crippen LogP contribution in [-0.2, 0) is 12.3 Å². The molecule has 0 atom stereocenters. The van der Waals surface area contributed by atoms with Crippen LogP contribution in [0, 0.1) is 6.92 Å². The number of aromatic amines is 1. The first kappa shape index (κ1) is 20.0. The zero-order valence-electron chi connectivity index (χ0n) is 16.7. The van der Waals surface area contributed by atoms with Crippen LogP contribution in [0.3, 0.4) is 0 Å². The van der Waals surface area contributed by atoms with Gasteiger partial charge >= 0.3 is 5.69 Å². The highest BCUT2D eigenvalue weighted by atomic mass is 32.2. The van der Waals surface area contributed by atoms with Gasteiger partial charge in [0.25, 0.3) is 5.56 Å². The molecule has 0 unspecified atom stereocenters. The zero-order chi connectivity index (χ0) is 20.9. The highest BCUT2D eigenvalue weighted by molar-refractivity contribution is 7.98. The first-order chi connectivity index (χ1) is 14.6. The van der Waals surface area contributed by atoms with Gasteiger partial charge in [-0.1, -0.05) is 84.9 Å². The lowest BCUT2D eigenvalue weighted by atomic mass is 10.0. The van der Waals surface area contributed by atoms with Crippen molar-refractivity contribution >= 4 is 11.8 Å². The van der Waals surface area contributed by atoms with Gasteiger partial charge in [-0.25, -0.2) is 4.79 Å². The van der Waals surface area contributed by atoms with Crippen LogP contribution in [0.4, 0.5) is 0 Å². The van der Waals surface area contributed by atoms with Gasteiger partial charge in [-0.3, -0.25) is 9.36 Å². The van der Waals surface area contributed by atoms with E-state index < -0.39 is 0 Å². The second-order valence-electron chi connectivity index (χ2n) is 7.12. The van der Waals surface area contributed by atoms with Gasteiger partial charge in [0.2, 0.25) is 0 Å². The van der Waals surface area contributed by atoms with Crippen molar-refractivity contribution in [2.75, 3.05) is 0 Å². The second kappa shape index (κ2) is 9.01. The summed E-state index contributed by atoms with van der Waals surface area (Å²) in [5.41, 5.74) is 4.31. The van der Waals surface area contributed by atoms with E-state index in [9.17, 15) is 9.59 Å². The summed E-state index contributed by atoms with van der Waals surface area (Å²) in [5.74, 6) is 0.666. The van der Waals surface area contributed by atoms with Crippen LogP contribution in [0.1, 0.15) is 16.7 Å². The van der Waals surface area contributed by atoms with Crippen molar-refractivity contribution in [3.05, 3.63) is 122 Å². The Morgan fingerprint density at radius 2 is 1.43 bits per heavy atom. The van der Waals surface area contributed by atoms with Crippen LogP contribution in [-0.4, -0.2) is 9.55 Å². The standard InChI is InChI=1S/C25H22N2O2S/c1-18-23(26-25(29)27(24(18)28)16-19-9-4-2-5-10-19)30-17-20-11-8-14-22(15-20)21-12-6-3-7-13-21/h2-15H,16-17H2,1H3,(H,26,29). The van der Waals surface area contributed by atoms with E-state index in [1.807, 2.05) is 54.6 Å². The van der Waals surface area contributed by atoms with Gasteiger partial charge in [0.15, 0.2) is 0 Å². The van der Waals surface area contributed by atoms with Crippen molar-refractivity contribution in [2.24, 2.45) is 0 Å². The van der Waals surface area contributed by atoms with Gasteiger partial charge in [-0.05, 0) is 29.2 Å². The molecule has 0 aliphatic heterocycles. The van der Waals surface area contributed by atoms with Crippen molar-refractivity contribution in [1.82, 2.24) is 9.55 Å². The van der Waals surface area contributed by atoms with E-state index in [0.717, 1.165) is 22.3 Å². The smallest absolute Gasteiger partial charge is 0.301 e. The predicted octanol–water partition coefficient (Wildman–Crippen LogP) is 4.85. The lowest BCUT2D eigenvalue weighted by Gasteiger charge is -2.10. The Bertz CT molecular complexity index is 1260. The van der Waals surface area contributed by atoms with Crippen LogP contribution in [0.2, 0.25) is 0 Å². The number of thioether (sulfide) groups is 1. The van der Waals surface area contributed by atoms with Gasteiger partial charge in [-0.2, -0.15) is 0 Å². The Kier molecular flexibility index (Phi) is 6.00. The van der Waals surface area contributed by atoms with Crippen molar-refractivity contribution < 1.29 is 0 Å². The number of nitrogens with one attached hydrogen (secondary N) is 1. The molecular weight excluding hydrogens is 392 g/mol. The lowest BCUT2D eigenvalue weighted by Crippen LogP contribution is -2.37. The molecule has 0 saturated heterocycles. The molecule has 0 bridgehead atoms. The molecule has 4 aromatic rings. The molecule has 4 nitrogen and oxygen atoms in total. The fourth-order valence-electron chi connectivity index (χ4n) is 3.33. The molecule has 0 aliphatic carbocycles. The van der Waals surface area contributed by atoms with E-state index in [-0.39, 0.29) is 17.8 Å². The maximum Gasteiger partial charge on any atom is 0.329 e. The Morgan fingerprint density at radius 1 is 0.800 bits per heavy atom. The average molecular weight is 415 g/mol. The molecule has 5 heteroatoms. The summed E-state index contributed by atoms with van der Waals surface area (Å²) < 4.78 is 1.25. The minimum absolute atomic E-state index is 0.247. The third kappa shape index (κ3) is 4.47. The average Bonchev–Trinajstić information content (AvgIpc) is 2.80. The summed E-state index contributed by atoms with van der Waals surface area (Å²) in [5, 5.41) is 0.624. The Balaban J connectivity index is 1.55. The molecule has 150 valence electrons. The lowest BCUT2D eigenvalue weighted by molar-refractivity contribution is 0.671. The van der Waals surface area contributed by atoms with Crippen LogP contribution < -0.4 is 11.2 Å². The number of rotatable bonds is 6. The number of H-pyrrole nitrogens is 1. The minimum Gasteiger partial charge on any atom is -0.301 e. The Hall–Kier alpha value is -3.31. The summed E-state index contributed by atoms with van der Waals surface area (Å²) in [6.45, 7) is 2.03. The SMILES string of the molecule is Cc1c(SCc2cccc(-c3ccccc3)c2)[nH]c(=O)n(Cc2ccccc2)c1=O. The van der Waals surface area contributed by atoms with Crippen molar-refractivity contribution in [3.8, 4) is 11.1 Å². The highest BCUT2D eigenvalue weighted by Gasteiger charge is 2.12. The highest BCUT2D eigenvalue weighted by Crippen LogP contribution is 2.25. The first-order valence-electron chi connectivity index (χ1n) is 9.76. The Morgan fingerprint density at radius 3 is 2.17 bits per heavy atom. The minimum atomic E-state index is -0.380. The third-order valence-corrected chi connectivity index (χ3v) is 6.15. The van der Waals surface area contributed by atoms with E-state index in [2.05, 4.69) is 35.3 Å². The summed E-state index contributed by atoms with van der Waals surface area (Å²) in [6.07, 6.45) is 0. The van der Waals surface area contributed by atoms with E-state index >= 15 is 0 Å². The molecule has 0 fully saturated rings. The molecule has 3 aromatic carbocycles. The predicted molar refractivity (Wildman–Crippen MR) is 123 cm³/mol. The van der Waals surface area contributed by atoms with E-state index in [0.29, 0.717) is 16.3 Å². The van der Waals surface area contributed by atoms with Crippen LogP contribution >= 0.6 is 11.8 Å². The third-order valence-electron chi connectivity index (χ3n) is 4.97. The molecule has 0 amide bonds. The second-order valence-corrected chi connectivity index (χ2v) is 8.10.